The van der Waals surface area contributed by atoms with Crippen LogP contribution in [0.1, 0.15) is 28.4 Å². The summed E-state index contributed by atoms with van der Waals surface area (Å²) < 4.78 is 0. The van der Waals surface area contributed by atoms with Crippen LogP contribution in [0.25, 0.3) is 27.6 Å². The highest BCUT2D eigenvalue weighted by Crippen LogP contribution is 2.40. The molecule has 4 rings (SSSR count). The highest BCUT2D eigenvalue weighted by atomic mass is 16.3. The molecule has 0 unspecified atom stereocenters. The minimum absolute atomic E-state index is 0.835. The minimum Gasteiger partial charge on any atom is -0.386 e. The Bertz CT molecular complexity index is 937. The van der Waals surface area contributed by atoms with Gasteiger partial charge in [-0.1, -0.05) is 48.6 Å². The first-order valence-electron chi connectivity index (χ1n) is 7.58. The van der Waals surface area contributed by atoms with E-state index in [0.29, 0.717) is 0 Å². The number of hydrogen-bond donors (Lipinski definition) is 2. The first-order valence-corrected chi connectivity index (χ1v) is 7.58. The number of fused-ring (bicyclic) bond motifs is 4. The molecule has 1 aliphatic rings. The Labute approximate surface area is 129 Å². The van der Waals surface area contributed by atoms with Crippen LogP contribution in [-0.2, 0) is 0 Å². The largest absolute Gasteiger partial charge is 0.386 e. The van der Waals surface area contributed by atoms with Gasteiger partial charge in [0.1, 0.15) is 12.2 Å². The van der Waals surface area contributed by atoms with Crippen molar-refractivity contribution in [2.45, 2.75) is 26.1 Å². The molecule has 0 spiro atoms. The normalized spacial score (nSPS) is 20.5. The van der Waals surface area contributed by atoms with Crippen LogP contribution in [0, 0.1) is 13.8 Å². The predicted molar refractivity (Wildman–Crippen MR) is 90.9 cm³/mol. The zero-order valence-electron chi connectivity index (χ0n) is 12.7. The van der Waals surface area contributed by atoms with Gasteiger partial charge in [0.2, 0.25) is 0 Å². The maximum Gasteiger partial charge on any atom is 0.109 e. The fourth-order valence-corrected chi connectivity index (χ4v) is 3.74. The van der Waals surface area contributed by atoms with Crippen molar-refractivity contribution in [3.63, 3.8) is 0 Å². The molecule has 22 heavy (non-hydrogen) atoms. The third kappa shape index (κ3) is 1.68. The van der Waals surface area contributed by atoms with E-state index < -0.39 is 12.2 Å². The molecule has 0 saturated heterocycles. The maximum atomic E-state index is 10.5. The van der Waals surface area contributed by atoms with Crippen LogP contribution in [0.5, 0.6) is 0 Å². The second-order valence-corrected chi connectivity index (χ2v) is 6.08. The van der Waals surface area contributed by atoms with Gasteiger partial charge < -0.3 is 10.2 Å². The van der Waals surface area contributed by atoms with E-state index >= 15 is 0 Å². The number of hydrogen-bond acceptors (Lipinski definition) is 2. The van der Waals surface area contributed by atoms with E-state index in [2.05, 4.69) is 31.2 Å². The lowest BCUT2D eigenvalue weighted by Gasteiger charge is -2.27. The molecule has 0 aromatic heterocycles. The van der Waals surface area contributed by atoms with E-state index in [4.69, 9.17) is 0 Å². The molecule has 2 N–H and O–H groups in total. The lowest BCUT2D eigenvalue weighted by atomic mass is 9.82. The first kappa shape index (κ1) is 13.5. The van der Waals surface area contributed by atoms with Crippen LogP contribution in [0.15, 0.2) is 42.5 Å². The molecule has 0 amide bonds. The Kier molecular flexibility index (Phi) is 2.86. The highest BCUT2D eigenvalue weighted by molar-refractivity contribution is 6.11. The lowest BCUT2D eigenvalue weighted by Crippen LogP contribution is -2.21. The summed E-state index contributed by atoms with van der Waals surface area (Å²) in [5, 5.41) is 25.2. The van der Waals surface area contributed by atoms with Crippen molar-refractivity contribution in [3.8, 4) is 0 Å². The summed E-state index contributed by atoms with van der Waals surface area (Å²) in [4.78, 5) is 0. The summed E-state index contributed by atoms with van der Waals surface area (Å²) in [5.41, 5.74) is 4.11. The molecule has 2 heteroatoms. The average Bonchev–Trinajstić information content (AvgIpc) is 2.54. The number of aryl methyl sites for hydroxylation is 2. The van der Waals surface area contributed by atoms with E-state index in [0.717, 1.165) is 22.3 Å². The molecule has 0 bridgehead atoms. The Morgan fingerprint density at radius 2 is 1.64 bits per heavy atom. The summed E-state index contributed by atoms with van der Waals surface area (Å²) >= 11 is 0. The fourth-order valence-electron chi connectivity index (χ4n) is 3.74. The first-order chi connectivity index (χ1) is 10.6. The molecule has 0 saturated carbocycles. The molecular formula is C20H18O2. The van der Waals surface area contributed by atoms with E-state index in [-0.39, 0.29) is 0 Å². The summed E-state index contributed by atoms with van der Waals surface area (Å²) in [7, 11) is 0. The lowest BCUT2D eigenvalue weighted by molar-refractivity contribution is 0.0466. The molecule has 3 aromatic carbocycles. The van der Waals surface area contributed by atoms with Crippen LogP contribution < -0.4 is 0 Å². The number of rotatable bonds is 0. The molecule has 2 nitrogen and oxygen atoms in total. The molecule has 0 heterocycles. The molecule has 1 aliphatic carbocycles. The van der Waals surface area contributed by atoms with E-state index in [1.807, 2.05) is 25.1 Å². The SMILES string of the molecule is Cc1c2c(c(C)c3c1ccc1ccccc13)[C@@H](O)[C@H](O)C=C2. The van der Waals surface area contributed by atoms with Crippen LogP contribution in [0.2, 0.25) is 0 Å². The van der Waals surface area contributed by atoms with Gasteiger partial charge >= 0.3 is 0 Å². The van der Waals surface area contributed by atoms with E-state index in [1.54, 1.807) is 6.08 Å². The van der Waals surface area contributed by atoms with Crippen molar-refractivity contribution in [1.82, 2.24) is 0 Å². The van der Waals surface area contributed by atoms with Gasteiger partial charge in [-0.25, -0.2) is 0 Å². The molecule has 0 fully saturated rings. The van der Waals surface area contributed by atoms with Gasteiger partial charge in [0.25, 0.3) is 0 Å². The Morgan fingerprint density at radius 3 is 2.45 bits per heavy atom. The molecule has 2 atom stereocenters. The van der Waals surface area contributed by atoms with Crippen LogP contribution in [0.4, 0.5) is 0 Å². The van der Waals surface area contributed by atoms with Gasteiger partial charge in [0.05, 0.1) is 0 Å². The molecular weight excluding hydrogens is 272 g/mol. The maximum absolute atomic E-state index is 10.5. The van der Waals surface area contributed by atoms with E-state index in [9.17, 15) is 10.2 Å². The quantitative estimate of drug-likeness (QED) is 0.614. The number of aliphatic hydroxyl groups is 2. The molecule has 3 aromatic rings. The Balaban J connectivity index is 2.24. The zero-order valence-corrected chi connectivity index (χ0v) is 12.7. The summed E-state index contributed by atoms with van der Waals surface area (Å²) in [6.45, 7) is 4.13. The van der Waals surface area contributed by atoms with Crippen LogP contribution in [-0.4, -0.2) is 16.3 Å². The zero-order chi connectivity index (χ0) is 15.4. The highest BCUT2D eigenvalue weighted by Gasteiger charge is 2.27. The Hall–Kier alpha value is -2.16. The molecule has 0 aliphatic heterocycles. The van der Waals surface area contributed by atoms with Crippen LogP contribution in [0.3, 0.4) is 0 Å². The van der Waals surface area contributed by atoms with Gasteiger partial charge in [-0.3, -0.25) is 0 Å². The summed E-state index contributed by atoms with van der Waals surface area (Å²) in [6.07, 6.45) is 1.91. The van der Waals surface area contributed by atoms with Gasteiger partial charge in [0, 0.05) is 0 Å². The standard InChI is InChI=1S/C20H18O2/c1-11-14-8-7-13-5-3-4-6-16(13)18(14)12(2)19-15(11)9-10-17(21)20(19)22/h3-10,17,20-22H,1-2H3/t17-,20+/m1/s1. The Morgan fingerprint density at radius 1 is 0.864 bits per heavy atom. The van der Waals surface area contributed by atoms with Crippen molar-refractivity contribution in [3.05, 3.63) is 64.7 Å². The summed E-state index contributed by atoms with van der Waals surface area (Å²) in [6, 6.07) is 12.6. The third-order valence-electron chi connectivity index (χ3n) is 4.89. The van der Waals surface area contributed by atoms with E-state index in [1.165, 1.54) is 21.5 Å². The van der Waals surface area contributed by atoms with Crippen molar-refractivity contribution >= 4 is 27.6 Å². The molecule has 110 valence electrons. The van der Waals surface area contributed by atoms with Gasteiger partial charge in [-0.2, -0.15) is 0 Å². The van der Waals surface area contributed by atoms with Gasteiger partial charge in [0.15, 0.2) is 0 Å². The molecule has 0 radical (unpaired) electrons. The average molecular weight is 290 g/mol. The van der Waals surface area contributed by atoms with Crippen molar-refractivity contribution < 1.29 is 10.2 Å². The van der Waals surface area contributed by atoms with Crippen molar-refractivity contribution in [2.75, 3.05) is 0 Å². The smallest absolute Gasteiger partial charge is 0.109 e. The fraction of sp³-hybridized carbons (Fsp3) is 0.200. The van der Waals surface area contributed by atoms with Crippen molar-refractivity contribution in [1.29, 1.82) is 0 Å². The number of aliphatic hydroxyl groups excluding tert-OH is 2. The van der Waals surface area contributed by atoms with Gasteiger partial charge in [-0.05, 0) is 57.6 Å². The second kappa shape index (κ2) is 4.67. The number of benzene rings is 3. The third-order valence-corrected chi connectivity index (χ3v) is 4.89. The summed E-state index contributed by atoms with van der Waals surface area (Å²) in [5.74, 6) is 0. The minimum atomic E-state index is -0.859. The topological polar surface area (TPSA) is 40.5 Å². The van der Waals surface area contributed by atoms with Crippen LogP contribution >= 0.6 is 0 Å². The monoisotopic (exact) mass is 290 g/mol. The predicted octanol–water partition coefficient (Wildman–Crippen LogP) is 4.03. The van der Waals surface area contributed by atoms with Crippen molar-refractivity contribution in [2.24, 2.45) is 0 Å². The second-order valence-electron chi connectivity index (χ2n) is 6.08. The van der Waals surface area contributed by atoms with Gasteiger partial charge in [-0.15, -0.1) is 0 Å².